The van der Waals surface area contributed by atoms with Gasteiger partial charge in [-0.15, -0.1) is 0 Å². The van der Waals surface area contributed by atoms with Crippen molar-refractivity contribution in [2.75, 3.05) is 7.11 Å². The predicted octanol–water partition coefficient (Wildman–Crippen LogP) is 3.97. The van der Waals surface area contributed by atoms with E-state index in [2.05, 4.69) is 31.1 Å². The minimum atomic E-state index is -0.443. The van der Waals surface area contributed by atoms with Crippen LogP contribution in [-0.2, 0) is 6.61 Å². The van der Waals surface area contributed by atoms with Crippen molar-refractivity contribution in [3.63, 3.8) is 0 Å². The van der Waals surface area contributed by atoms with Gasteiger partial charge in [-0.2, -0.15) is 0 Å². The van der Waals surface area contributed by atoms with E-state index < -0.39 is 5.82 Å². The molecule has 0 saturated carbocycles. The van der Waals surface area contributed by atoms with Crippen molar-refractivity contribution in [2.24, 2.45) is 5.41 Å². The molecule has 140 valence electrons. The van der Waals surface area contributed by atoms with Gasteiger partial charge in [0, 0.05) is 18.3 Å². The molecular weight excluding hydrogens is 335 g/mol. The van der Waals surface area contributed by atoms with Crippen LogP contribution in [0.5, 0.6) is 11.6 Å². The Labute approximate surface area is 153 Å². The summed E-state index contributed by atoms with van der Waals surface area (Å²) in [6.07, 6.45) is 1.47. The number of rotatable bonds is 6. The first-order valence-corrected chi connectivity index (χ1v) is 8.43. The molecular formula is C20H25FN2O3. The summed E-state index contributed by atoms with van der Waals surface area (Å²) < 4.78 is 24.1. The zero-order chi connectivity index (χ0) is 19.3. The number of nitrogens with one attached hydrogen (secondary N) is 1. The number of carbonyl (C=O) groups is 1. The molecule has 1 aromatic carbocycles. The second-order valence-corrected chi connectivity index (χ2v) is 7.20. The third-order valence-corrected chi connectivity index (χ3v) is 4.25. The first kappa shape index (κ1) is 19.7. The van der Waals surface area contributed by atoms with E-state index in [1.807, 2.05) is 6.92 Å². The third-order valence-electron chi connectivity index (χ3n) is 4.25. The minimum Gasteiger partial charge on any atom is -0.494 e. The van der Waals surface area contributed by atoms with E-state index >= 15 is 0 Å². The van der Waals surface area contributed by atoms with Crippen molar-refractivity contribution in [1.29, 1.82) is 0 Å². The molecule has 1 heterocycles. The molecule has 0 unspecified atom stereocenters. The van der Waals surface area contributed by atoms with Crippen molar-refractivity contribution in [3.8, 4) is 11.6 Å². The Bertz CT molecular complexity index is 755. The molecule has 2 rings (SSSR count). The van der Waals surface area contributed by atoms with Gasteiger partial charge in [0.2, 0.25) is 5.88 Å². The molecule has 0 aliphatic carbocycles. The molecule has 0 spiro atoms. The van der Waals surface area contributed by atoms with Crippen LogP contribution in [-0.4, -0.2) is 24.0 Å². The Kier molecular flexibility index (Phi) is 6.18. The molecule has 0 radical (unpaired) electrons. The first-order valence-electron chi connectivity index (χ1n) is 8.43. The quantitative estimate of drug-likeness (QED) is 0.847. The summed E-state index contributed by atoms with van der Waals surface area (Å²) >= 11 is 0. The number of halogens is 1. The summed E-state index contributed by atoms with van der Waals surface area (Å²) in [6, 6.07) is 7.92. The molecule has 1 aromatic heterocycles. The fraction of sp³-hybridized carbons (Fsp3) is 0.400. The predicted molar refractivity (Wildman–Crippen MR) is 97.9 cm³/mol. The lowest BCUT2D eigenvalue weighted by molar-refractivity contribution is 0.0909. The van der Waals surface area contributed by atoms with Crippen molar-refractivity contribution in [1.82, 2.24) is 10.3 Å². The Morgan fingerprint density at radius 2 is 2.00 bits per heavy atom. The van der Waals surface area contributed by atoms with Crippen LogP contribution in [0, 0.1) is 11.2 Å². The van der Waals surface area contributed by atoms with Crippen LogP contribution in [0.4, 0.5) is 4.39 Å². The van der Waals surface area contributed by atoms with Gasteiger partial charge in [0.15, 0.2) is 11.6 Å². The van der Waals surface area contributed by atoms with Crippen molar-refractivity contribution < 1.29 is 18.7 Å². The molecule has 0 bridgehead atoms. The van der Waals surface area contributed by atoms with Gasteiger partial charge in [0.05, 0.1) is 12.7 Å². The lowest BCUT2D eigenvalue weighted by Gasteiger charge is -2.28. The molecule has 2 aromatic rings. The Morgan fingerprint density at radius 3 is 2.54 bits per heavy atom. The highest BCUT2D eigenvalue weighted by Gasteiger charge is 2.22. The Hall–Kier alpha value is -2.63. The largest absolute Gasteiger partial charge is 0.494 e. The van der Waals surface area contributed by atoms with Crippen LogP contribution < -0.4 is 14.8 Å². The molecule has 6 heteroatoms. The van der Waals surface area contributed by atoms with Crippen LogP contribution in [0.2, 0.25) is 0 Å². The number of carbonyl (C=O) groups excluding carboxylic acids is 1. The van der Waals surface area contributed by atoms with Crippen LogP contribution in [0.3, 0.4) is 0 Å². The van der Waals surface area contributed by atoms with Crippen molar-refractivity contribution in [3.05, 3.63) is 53.5 Å². The maximum Gasteiger partial charge on any atom is 0.253 e. The lowest BCUT2D eigenvalue weighted by Crippen LogP contribution is -2.41. The van der Waals surface area contributed by atoms with E-state index in [-0.39, 0.29) is 29.7 Å². The third kappa shape index (κ3) is 5.18. The number of benzene rings is 1. The van der Waals surface area contributed by atoms with Gasteiger partial charge >= 0.3 is 0 Å². The molecule has 0 aliphatic rings. The standard InChI is InChI=1S/C20H25FN2O3/c1-13(20(2,3)4)23-19(24)15-7-9-18(22-11-15)26-12-14-6-8-17(25-5)16(21)10-14/h6-11,13H,12H2,1-5H3,(H,23,24)/t13-/m1/s1. The highest BCUT2D eigenvalue weighted by Crippen LogP contribution is 2.20. The number of methoxy groups -OCH3 is 1. The van der Waals surface area contributed by atoms with Gasteiger partial charge in [-0.25, -0.2) is 9.37 Å². The summed E-state index contributed by atoms with van der Waals surface area (Å²) in [7, 11) is 1.42. The number of hydrogen-bond acceptors (Lipinski definition) is 4. The number of amides is 1. The molecule has 1 atom stereocenters. The van der Waals surface area contributed by atoms with Crippen LogP contribution in [0.15, 0.2) is 36.5 Å². The summed E-state index contributed by atoms with van der Waals surface area (Å²) in [5.41, 5.74) is 1.09. The molecule has 1 amide bonds. The minimum absolute atomic E-state index is 0.0240. The summed E-state index contributed by atoms with van der Waals surface area (Å²) in [5, 5.41) is 2.96. The van der Waals surface area contributed by atoms with Crippen molar-refractivity contribution in [2.45, 2.75) is 40.3 Å². The zero-order valence-electron chi connectivity index (χ0n) is 15.8. The highest BCUT2D eigenvalue weighted by atomic mass is 19.1. The lowest BCUT2D eigenvalue weighted by atomic mass is 9.88. The maximum absolute atomic E-state index is 13.7. The number of aromatic nitrogens is 1. The first-order chi connectivity index (χ1) is 12.2. The van der Waals surface area contributed by atoms with E-state index in [0.29, 0.717) is 17.0 Å². The summed E-state index contributed by atoms with van der Waals surface area (Å²) in [6.45, 7) is 8.33. The van der Waals surface area contributed by atoms with Crippen molar-refractivity contribution >= 4 is 5.91 Å². The topological polar surface area (TPSA) is 60.5 Å². The average Bonchev–Trinajstić information content (AvgIpc) is 2.59. The Balaban J connectivity index is 1.95. The molecule has 26 heavy (non-hydrogen) atoms. The van der Waals surface area contributed by atoms with Crippen LogP contribution in [0.25, 0.3) is 0 Å². The van der Waals surface area contributed by atoms with E-state index in [4.69, 9.17) is 9.47 Å². The van der Waals surface area contributed by atoms with Gasteiger partial charge in [0.25, 0.3) is 5.91 Å². The fourth-order valence-corrected chi connectivity index (χ4v) is 2.05. The maximum atomic E-state index is 13.7. The molecule has 5 nitrogen and oxygen atoms in total. The summed E-state index contributed by atoms with van der Waals surface area (Å²) in [5.74, 6) is -0.0707. The molecule has 0 saturated heterocycles. The molecule has 0 fully saturated rings. The van der Waals surface area contributed by atoms with Gasteiger partial charge in [-0.05, 0) is 36.1 Å². The van der Waals surface area contributed by atoms with Gasteiger partial charge in [0.1, 0.15) is 6.61 Å². The normalized spacial score (nSPS) is 12.4. The number of nitrogens with zero attached hydrogens (tertiary/aromatic N) is 1. The van der Waals surface area contributed by atoms with E-state index in [9.17, 15) is 9.18 Å². The zero-order valence-corrected chi connectivity index (χ0v) is 15.8. The highest BCUT2D eigenvalue weighted by molar-refractivity contribution is 5.94. The van der Waals surface area contributed by atoms with E-state index in [1.165, 1.54) is 19.4 Å². The second kappa shape index (κ2) is 8.17. The summed E-state index contributed by atoms with van der Waals surface area (Å²) in [4.78, 5) is 16.4. The van der Waals surface area contributed by atoms with Gasteiger partial charge in [-0.1, -0.05) is 26.8 Å². The fourth-order valence-electron chi connectivity index (χ4n) is 2.05. The SMILES string of the molecule is COc1ccc(COc2ccc(C(=O)N[C@H](C)C(C)(C)C)cn2)cc1F. The van der Waals surface area contributed by atoms with Crippen LogP contribution >= 0.6 is 0 Å². The molecule has 1 N–H and O–H groups in total. The smallest absolute Gasteiger partial charge is 0.253 e. The Morgan fingerprint density at radius 1 is 1.27 bits per heavy atom. The van der Waals surface area contributed by atoms with E-state index in [0.717, 1.165) is 0 Å². The van der Waals surface area contributed by atoms with Gasteiger partial charge < -0.3 is 14.8 Å². The second-order valence-electron chi connectivity index (χ2n) is 7.20. The number of ether oxygens (including phenoxy) is 2. The van der Waals surface area contributed by atoms with Crippen LogP contribution in [0.1, 0.15) is 43.6 Å². The van der Waals surface area contributed by atoms with E-state index in [1.54, 1.807) is 24.3 Å². The molecule has 0 aliphatic heterocycles. The monoisotopic (exact) mass is 360 g/mol. The van der Waals surface area contributed by atoms with Gasteiger partial charge in [-0.3, -0.25) is 4.79 Å². The number of pyridine rings is 1. The average molecular weight is 360 g/mol. The number of hydrogen-bond donors (Lipinski definition) is 1.